The van der Waals surface area contributed by atoms with Crippen LogP contribution in [0.2, 0.25) is 0 Å². The zero-order chi connectivity index (χ0) is 18.7. The number of benzene rings is 1. The predicted octanol–water partition coefficient (Wildman–Crippen LogP) is 7.68. The average molecular weight is 389 g/mol. The largest absolute Gasteiger partial charge is 0.419 e. The van der Waals surface area contributed by atoms with E-state index in [0.29, 0.717) is 17.4 Å². The third-order valence-electron chi connectivity index (χ3n) is 6.37. The minimum atomic E-state index is -4.63. The molecule has 5 heteroatoms. The Morgan fingerprint density at radius 1 is 0.885 bits per heavy atom. The molecule has 0 N–H and O–H groups in total. The molecule has 0 aliphatic heterocycles. The van der Waals surface area contributed by atoms with Gasteiger partial charge in [0.25, 0.3) is 0 Å². The van der Waals surface area contributed by atoms with Gasteiger partial charge in [0, 0.05) is 5.54 Å². The second kappa shape index (κ2) is 8.33. The maximum atomic E-state index is 13.8. The Balaban J connectivity index is 1.55. The van der Waals surface area contributed by atoms with Crippen LogP contribution in [-0.4, -0.2) is 0 Å². The normalized spacial score (nSPS) is 30.7. The predicted molar refractivity (Wildman–Crippen MR) is 96.5 cm³/mol. The lowest BCUT2D eigenvalue weighted by Gasteiger charge is -2.37. The van der Waals surface area contributed by atoms with Gasteiger partial charge in [-0.2, -0.15) is 13.2 Å². The second-order valence-electron chi connectivity index (χ2n) is 7.84. The molecule has 0 bridgehead atoms. The van der Waals surface area contributed by atoms with Crippen molar-refractivity contribution < 1.29 is 17.6 Å². The molecule has 2 fully saturated rings. The highest BCUT2D eigenvalue weighted by molar-refractivity contribution is 6.25. The molecule has 0 aromatic heterocycles. The van der Waals surface area contributed by atoms with Gasteiger partial charge in [0.15, 0.2) is 0 Å². The van der Waals surface area contributed by atoms with Crippen molar-refractivity contribution in [2.24, 2.45) is 17.8 Å². The average Bonchev–Trinajstić information content (AvgIpc) is 2.62. The summed E-state index contributed by atoms with van der Waals surface area (Å²) in [6.07, 6.45) is 6.38. The van der Waals surface area contributed by atoms with Gasteiger partial charge in [-0.1, -0.05) is 23.7 Å². The van der Waals surface area contributed by atoms with Crippen molar-refractivity contribution in [3.8, 4) is 0 Å². The van der Waals surface area contributed by atoms with Gasteiger partial charge in [-0.15, -0.1) is 0 Å². The first kappa shape index (κ1) is 19.7. The molecule has 0 amide bonds. The van der Waals surface area contributed by atoms with Crippen molar-refractivity contribution >= 4 is 11.6 Å². The molecule has 1 aromatic carbocycles. The molecule has 2 aliphatic rings. The lowest BCUT2D eigenvalue weighted by atomic mass is 9.68. The summed E-state index contributed by atoms with van der Waals surface area (Å²) < 4.78 is 51.9. The lowest BCUT2D eigenvalue weighted by Crippen LogP contribution is -2.25. The molecule has 26 heavy (non-hydrogen) atoms. The van der Waals surface area contributed by atoms with E-state index >= 15 is 0 Å². The number of alkyl halides is 3. The van der Waals surface area contributed by atoms with Gasteiger partial charge in [-0.05, 0) is 92.7 Å². The van der Waals surface area contributed by atoms with Crippen LogP contribution in [0.4, 0.5) is 17.6 Å². The van der Waals surface area contributed by atoms with Crippen molar-refractivity contribution in [2.75, 3.05) is 0 Å². The van der Waals surface area contributed by atoms with E-state index in [9.17, 15) is 17.6 Å². The van der Waals surface area contributed by atoms with Crippen LogP contribution in [0.1, 0.15) is 68.4 Å². The molecule has 0 saturated heterocycles. The molecule has 0 radical (unpaired) electrons. The van der Waals surface area contributed by atoms with Crippen LogP contribution in [0.3, 0.4) is 0 Å². The zero-order valence-corrected chi connectivity index (χ0v) is 15.5. The molecule has 0 spiro atoms. The van der Waals surface area contributed by atoms with Crippen LogP contribution >= 0.6 is 11.6 Å². The molecular weight excluding hydrogens is 364 g/mol. The van der Waals surface area contributed by atoms with E-state index in [-0.39, 0.29) is 5.92 Å². The standard InChI is InChI=1S/C21H25ClF4/c22-12-11-14-1-3-15(4-2-14)16-5-7-17(8-6-16)18-9-10-19(20(23)13-18)21(24,25)26/h9-17H,1-8H2/b12-11+. The van der Waals surface area contributed by atoms with Crippen LogP contribution < -0.4 is 0 Å². The summed E-state index contributed by atoms with van der Waals surface area (Å²) in [5.74, 6) is 1.09. The summed E-state index contributed by atoms with van der Waals surface area (Å²) in [5.41, 5.74) is 1.17. The van der Waals surface area contributed by atoms with Crippen molar-refractivity contribution in [3.63, 3.8) is 0 Å². The molecule has 2 aliphatic carbocycles. The summed E-state index contributed by atoms with van der Waals surface area (Å²) in [5, 5.41) is 0. The van der Waals surface area contributed by atoms with Crippen molar-refractivity contribution in [2.45, 2.75) is 63.5 Å². The highest BCUT2D eigenvalue weighted by atomic mass is 35.5. The van der Waals surface area contributed by atoms with Crippen LogP contribution in [0.15, 0.2) is 29.8 Å². The number of halogens is 5. The van der Waals surface area contributed by atoms with E-state index in [1.807, 2.05) is 0 Å². The lowest BCUT2D eigenvalue weighted by molar-refractivity contribution is -0.140. The highest BCUT2D eigenvalue weighted by Crippen LogP contribution is 2.44. The molecule has 2 saturated carbocycles. The molecule has 1 aromatic rings. The molecule has 0 atom stereocenters. The zero-order valence-electron chi connectivity index (χ0n) is 14.7. The van der Waals surface area contributed by atoms with Gasteiger partial charge in [0.1, 0.15) is 5.82 Å². The summed E-state index contributed by atoms with van der Waals surface area (Å²) in [7, 11) is 0. The molecule has 0 heterocycles. The molecule has 144 valence electrons. The van der Waals surface area contributed by atoms with Crippen molar-refractivity contribution in [1.29, 1.82) is 0 Å². The first-order valence-corrected chi connectivity index (χ1v) is 9.95. The molecule has 0 unspecified atom stereocenters. The molecule has 0 nitrogen and oxygen atoms in total. The van der Waals surface area contributed by atoms with Gasteiger partial charge >= 0.3 is 6.18 Å². The monoisotopic (exact) mass is 388 g/mol. The fraction of sp³-hybridized carbons (Fsp3) is 0.619. The van der Waals surface area contributed by atoms with Gasteiger partial charge in [-0.25, -0.2) is 4.39 Å². The quantitative estimate of drug-likeness (QED) is 0.466. The summed E-state index contributed by atoms with van der Waals surface area (Å²) in [4.78, 5) is 0. The molecular formula is C21H25ClF4. The fourth-order valence-electron chi connectivity index (χ4n) is 4.85. The van der Waals surface area contributed by atoms with Gasteiger partial charge in [-0.3, -0.25) is 0 Å². The number of allylic oxidation sites excluding steroid dienone is 1. The van der Waals surface area contributed by atoms with E-state index in [4.69, 9.17) is 11.6 Å². The maximum Gasteiger partial charge on any atom is 0.419 e. The van der Waals surface area contributed by atoms with E-state index in [0.717, 1.165) is 43.7 Å². The summed E-state index contributed by atoms with van der Waals surface area (Å²) in [6, 6.07) is 3.44. The van der Waals surface area contributed by atoms with E-state index in [2.05, 4.69) is 6.08 Å². The van der Waals surface area contributed by atoms with Gasteiger partial charge in [0.2, 0.25) is 0 Å². The van der Waals surface area contributed by atoms with Gasteiger partial charge < -0.3 is 0 Å². The Morgan fingerprint density at radius 3 is 1.96 bits per heavy atom. The molecule has 3 rings (SSSR count). The van der Waals surface area contributed by atoms with E-state index in [1.54, 1.807) is 5.54 Å². The summed E-state index contributed by atoms with van der Waals surface area (Å²) in [6.45, 7) is 0. The van der Waals surface area contributed by atoms with Crippen molar-refractivity contribution in [3.05, 3.63) is 46.8 Å². The Hall–Kier alpha value is -1.03. The van der Waals surface area contributed by atoms with Crippen molar-refractivity contribution in [1.82, 2.24) is 0 Å². The van der Waals surface area contributed by atoms with Gasteiger partial charge in [0.05, 0.1) is 5.56 Å². The first-order valence-electron chi connectivity index (χ1n) is 9.52. The topological polar surface area (TPSA) is 0 Å². The highest BCUT2D eigenvalue weighted by Gasteiger charge is 2.35. The Labute approximate surface area is 157 Å². The fourth-order valence-corrected chi connectivity index (χ4v) is 5.06. The minimum absolute atomic E-state index is 0.179. The number of rotatable bonds is 3. The SMILES string of the molecule is Fc1cc(C2CCC(C3CCC(/C=C/Cl)CC3)CC2)ccc1C(F)(F)F. The minimum Gasteiger partial charge on any atom is -0.206 e. The van der Waals surface area contributed by atoms with Crippen LogP contribution in [0, 0.1) is 23.6 Å². The summed E-state index contributed by atoms with van der Waals surface area (Å²) >= 11 is 5.67. The van der Waals surface area contributed by atoms with E-state index < -0.39 is 17.6 Å². The third kappa shape index (κ3) is 4.62. The third-order valence-corrected chi connectivity index (χ3v) is 6.52. The van der Waals surface area contributed by atoms with E-state index in [1.165, 1.54) is 31.7 Å². The second-order valence-corrected chi connectivity index (χ2v) is 8.09. The van der Waals surface area contributed by atoms with Crippen LogP contribution in [0.5, 0.6) is 0 Å². The smallest absolute Gasteiger partial charge is 0.206 e. The van der Waals surface area contributed by atoms with Crippen LogP contribution in [0.25, 0.3) is 0 Å². The maximum absolute atomic E-state index is 13.8. The number of hydrogen-bond acceptors (Lipinski definition) is 0. The Bertz CT molecular complexity index is 621. The number of hydrogen-bond donors (Lipinski definition) is 0. The van der Waals surface area contributed by atoms with Crippen LogP contribution in [-0.2, 0) is 6.18 Å². The Morgan fingerprint density at radius 2 is 1.46 bits per heavy atom. The Kier molecular flexibility index (Phi) is 6.32. The first-order chi connectivity index (χ1) is 12.4.